The van der Waals surface area contributed by atoms with Crippen LogP contribution in [0.25, 0.3) is 11.4 Å². The van der Waals surface area contributed by atoms with Crippen LogP contribution in [0.5, 0.6) is 5.75 Å². The molecule has 4 rings (SSSR count). The number of carbonyl (C=O) groups excluding carboxylic acids is 1. The van der Waals surface area contributed by atoms with Gasteiger partial charge in [-0.05, 0) is 54.4 Å². The Bertz CT molecular complexity index is 1290. The maximum atomic E-state index is 12.3. The SMILES string of the molecule is CCn1c(SCC(=O)NN=Cc2cccc(OCc3ccccc3)c2)nnc1-c1ccc(Cl)cc1. The van der Waals surface area contributed by atoms with E-state index in [1.807, 2.05) is 90.4 Å². The van der Waals surface area contributed by atoms with Crippen LogP contribution in [0, 0.1) is 0 Å². The molecule has 1 heterocycles. The molecule has 1 N–H and O–H groups in total. The van der Waals surface area contributed by atoms with E-state index in [0.29, 0.717) is 23.3 Å². The second kappa shape index (κ2) is 12.2. The van der Waals surface area contributed by atoms with Crippen LogP contribution in [-0.4, -0.2) is 32.6 Å². The van der Waals surface area contributed by atoms with Gasteiger partial charge in [-0.1, -0.05) is 65.8 Å². The van der Waals surface area contributed by atoms with E-state index >= 15 is 0 Å². The average molecular weight is 506 g/mol. The summed E-state index contributed by atoms with van der Waals surface area (Å²) in [6.45, 7) is 3.17. The van der Waals surface area contributed by atoms with Crippen LogP contribution in [0.15, 0.2) is 89.1 Å². The monoisotopic (exact) mass is 505 g/mol. The lowest BCUT2D eigenvalue weighted by atomic mass is 10.2. The van der Waals surface area contributed by atoms with Crippen LogP contribution in [0.2, 0.25) is 5.02 Å². The molecule has 35 heavy (non-hydrogen) atoms. The van der Waals surface area contributed by atoms with Gasteiger partial charge in [-0.25, -0.2) is 5.43 Å². The molecular formula is C26H24ClN5O2S. The number of carbonyl (C=O) groups is 1. The molecule has 0 saturated carbocycles. The number of benzene rings is 3. The molecule has 0 fully saturated rings. The molecular weight excluding hydrogens is 482 g/mol. The van der Waals surface area contributed by atoms with E-state index in [1.165, 1.54) is 11.8 Å². The van der Waals surface area contributed by atoms with Gasteiger partial charge in [-0.15, -0.1) is 10.2 Å². The molecule has 0 aliphatic rings. The zero-order valence-corrected chi connectivity index (χ0v) is 20.7. The predicted octanol–water partition coefficient (Wildman–Crippen LogP) is 5.44. The Morgan fingerprint density at radius 2 is 1.89 bits per heavy atom. The Balaban J connectivity index is 1.29. The van der Waals surface area contributed by atoms with E-state index in [-0.39, 0.29) is 11.7 Å². The molecule has 9 heteroatoms. The first kappa shape index (κ1) is 24.5. The second-order valence-electron chi connectivity index (χ2n) is 7.49. The predicted molar refractivity (Wildman–Crippen MR) is 140 cm³/mol. The number of halogens is 1. The van der Waals surface area contributed by atoms with Crippen molar-refractivity contribution in [3.8, 4) is 17.1 Å². The third kappa shape index (κ3) is 6.94. The Labute approximate surface area is 213 Å². The highest BCUT2D eigenvalue weighted by Crippen LogP contribution is 2.25. The van der Waals surface area contributed by atoms with E-state index in [9.17, 15) is 4.79 Å². The summed E-state index contributed by atoms with van der Waals surface area (Å²) in [5.41, 5.74) is 5.39. The molecule has 0 saturated heterocycles. The summed E-state index contributed by atoms with van der Waals surface area (Å²) in [7, 11) is 0. The van der Waals surface area contributed by atoms with Gasteiger partial charge in [0.05, 0.1) is 12.0 Å². The van der Waals surface area contributed by atoms with Gasteiger partial charge in [-0.3, -0.25) is 4.79 Å². The van der Waals surface area contributed by atoms with E-state index in [0.717, 1.165) is 28.3 Å². The smallest absolute Gasteiger partial charge is 0.250 e. The number of hydrogen-bond acceptors (Lipinski definition) is 6. The zero-order chi connectivity index (χ0) is 24.5. The third-order valence-electron chi connectivity index (χ3n) is 4.98. The van der Waals surface area contributed by atoms with Crippen LogP contribution < -0.4 is 10.2 Å². The highest BCUT2D eigenvalue weighted by atomic mass is 35.5. The number of ether oxygens (including phenoxy) is 1. The second-order valence-corrected chi connectivity index (χ2v) is 8.86. The van der Waals surface area contributed by atoms with E-state index in [1.54, 1.807) is 6.21 Å². The van der Waals surface area contributed by atoms with Gasteiger partial charge in [0, 0.05) is 17.1 Å². The number of amides is 1. The van der Waals surface area contributed by atoms with E-state index in [2.05, 4.69) is 20.7 Å². The number of thioether (sulfide) groups is 1. The number of rotatable bonds is 10. The van der Waals surface area contributed by atoms with Crippen molar-refractivity contribution in [1.82, 2.24) is 20.2 Å². The summed E-state index contributed by atoms with van der Waals surface area (Å²) in [6, 6.07) is 24.9. The minimum absolute atomic E-state index is 0.163. The lowest BCUT2D eigenvalue weighted by molar-refractivity contribution is -0.118. The summed E-state index contributed by atoms with van der Waals surface area (Å²) < 4.78 is 7.80. The van der Waals surface area contributed by atoms with Crippen molar-refractivity contribution in [3.05, 3.63) is 95.0 Å². The Morgan fingerprint density at radius 3 is 2.66 bits per heavy atom. The van der Waals surface area contributed by atoms with E-state index in [4.69, 9.17) is 16.3 Å². The maximum absolute atomic E-state index is 12.3. The van der Waals surface area contributed by atoms with Crippen molar-refractivity contribution in [2.45, 2.75) is 25.2 Å². The minimum Gasteiger partial charge on any atom is -0.489 e. The van der Waals surface area contributed by atoms with Crippen molar-refractivity contribution in [3.63, 3.8) is 0 Å². The van der Waals surface area contributed by atoms with Gasteiger partial charge in [0.2, 0.25) is 0 Å². The quantitative estimate of drug-likeness (QED) is 0.176. The van der Waals surface area contributed by atoms with Crippen molar-refractivity contribution in [2.75, 3.05) is 5.75 Å². The first-order valence-electron chi connectivity index (χ1n) is 11.0. The first-order chi connectivity index (χ1) is 17.1. The normalized spacial score (nSPS) is 11.0. The van der Waals surface area contributed by atoms with E-state index < -0.39 is 0 Å². The molecule has 0 spiro atoms. The van der Waals surface area contributed by atoms with Crippen LogP contribution in [-0.2, 0) is 17.9 Å². The molecule has 1 amide bonds. The molecule has 0 aliphatic carbocycles. The average Bonchev–Trinajstić information content (AvgIpc) is 3.30. The largest absolute Gasteiger partial charge is 0.489 e. The number of hydrazone groups is 1. The Hall–Kier alpha value is -3.62. The molecule has 0 unspecified atom stereocenters. The molecule has 3 aromatic carbocycles. The number of nitrogens with one attached hydrogen (secondary N) is 1. The summed E-state index contributed by atoms with van der Waals surface area (Å²) >= 11 is 7.29. The molecule has 7 nitrogen and oxygen atoms in total. The van der Waals surface area contributed by atoms with Crippen LogP contribution in [0.3, 0.4) is 0 Å². The number of aromatic nitrogens is 3. The van der Waals surface area contributed by atoms with Gasteiger partial charge in [0.25, 0.3) is 5.91 Å². The molecule has 1 aromatic heterocycles. The first-order valence-corrected chi connectivity index (χ1v) is 12.4. The summed E-state index contributed by atoms with van der Waals surface area (Å²) in [4.78, 5) is 12.3. The lowest BCUT2D eigenvalue weighted by Crippen LogP contribution is -2.20. The van der Waals surface area contributed by atoms with Gasteiger partial charge in [0.15, 0.2) is 11.0 Å². The van der Waals surface area contributed by atoms with Crippen molar-refractivity contribution < 1.29 is 9.53 Å². The standard InChI is InChI=1S/C26H24ClN5O2S/c1-2-32-25(21-11-13-22(27)14-12-21)30-31-26(32)35-18-24(33)29-28-16-20-9-6-10-23(15-20)34-17-19-7-4-3-5-8-19/h3-16H,2,17-18H2,1H3,(H,29,33). The van der Waals surface area contributed by atoms with Gasteiger partial charge < -0.3 is 9.30 Å². The molecule has 0 aliphatic heterocycles. The van der Waals surface area contributed by atoms with Crippen LogP contribution >= 0.6 is 23.4 Å². The summed E-state index contributed by atoms with van der Waals surface area (Å²) in [6.07, 6.45) is 1.59. The highest BCUT2D eigenvalue weighted by molar-refractivity contribution is 7.99. The van der Waals surface area contributed by atoms with Gasteiger partial charge in [0.1, 0.15) is 12.4 Å². The zero-order valence-electron chi connectivity index (χ0n) is 19.1. The van der Waals surface area contributed by atoms with Crippen LogP contribution in [0.1, 0.15) is 18.1 Å². The van der Waals surface area contributed by atoms with Crippen molar-refractivity contribution in [1.29, 1.82) is 0 Å². The number of hydrogen-bond donors (Lipinski definition) is 1. The molecule has 0 atom stereocenters. The fourth-order valence-corrected chi connectivity index (χ4v) is 4.18. The third-order valence-corrected chi connectivity index (χ3v) is 6.20. The highest BCUT2D eigenvalue weighted by Gasteiger charge is 2.14. The fraction of sp³-hybridized carbons (Fsp3) is 0.154. The topological polar surface area (TPSA) is 81.4 Å². The Morgan fingerprint density at radius 1 is 1.09 bits per heavy atom. The van der Waals surface area contributed by atoms with Crippen LogP contribution in [0.4, 0.5) is 0 Å². The van der Waals surface area contributed by atoms with Gasteiger partial charge >= 0.3 is 0 Å². The molecule has 178 valence electrons. The fourth-order valence-electron chi connectivity index (χ4n) is 3.26. The minimum atomic E-state index is -0.235. The summed E-state index contributed by atoms with van der Waals surface area (Å²) in [5, 5.41) is 13.9. The molecule has 0 bridgehead atoms. The molecule has 4 aromatic rings. The van der Waals surface area contributed by atoms with Crippen molar-refractivity contribution >= 4 is 35.5 Å². The van der Waals surface area contributed by atoms with Gasteiger partial charge in [-0.2, -0.15) is 5.10 Å². The lowest BCUT2D eigenvalue weighted by Gasteiger charge is -2.07. The maximum Gasteiger partial charge on any atom is 0.250 e. The van der Waals surface area contributed by atoms with Crippen molar-refractivity contribution in [2.24, 2.45) is 5.10 Å². The molecule has 0 radical (unpaired) electrons. The Kier molecular flexibility index (Phi) is 8.53. The summed E-state index contributed by atoms with van der Waals surface area (Å²) in [5.74, 6) is 1.40. The number of nitrogens with zero attached hydrogens (tertiary/aromatic N) is 4.